The predicted octanol–water partition coefficient (Wildman–Crippen LogP) is 5.04. The maximum Gasteiger partial charge on any atom is 0.137 e. The molecule has 0 amide bonds. The van der Waals surface area contributed by atoms with E-state index in [4.69, 9.17) is 4.74 Å². The van der Waals surface area contributed by atoms with Gasteiger partial charge in [0.1, 0.15) is 11.5 Å². The first-order valence-electron chi connectivity index (χ1n) is 11.1. The van der Waals surface area contributed by atoms with Crippen LogP contribution in [-0.2, 0) is 4.79 Å². The lowest BCUT2D eigenvalue weighted by Crippen LogP contribution is -2.48. The van der Waals surface area contributed by atoms with Gasteiger partial charge in [0.25, 0.3) is 0 Å². The average molecular weight is 381 g/mol. The van der Waals surface area contributed by atoms with E-state index in [2.05, 4.69) is 31.2 Å². The minimum absolute atomic E-state index is 0.0221. The van der Waals surface area contributed by atoms with Gasteiger partial charge in [0, 0.05) is 12.8 Å². The molecule has 6 atom stereocenters. The number of aliphatic hydroxyl groups excluding tert-OH is 1. The first kappa shape index (κ1) is 18.4. The van der Waals surface area contributed by atoms with Gasteiger partial charge in [-0.05, 0) is 85.3 Å². The first-order chi connectivity index (χ1) is 13.5. The minimum Gasteiger partial charge on any atom is -0.497 e. The summed E-state index contributed by atoms with van der Waals surface area (Å²) in [6, 6.07) is 8.61. The van der Waals surface area contributed by atoms with Gasteiger partial charge < -0.3 is 9.84 Å². The third-order valence-electron chi connectivity index (χ3n) is 8.69. The third-order valence-corrected chi connectivity index (χ3v) is 8.69. The number of carbonyl (C=O) groups is 1. The predicted molar refractivity (Wildman–Crippen MR) is 109 cm³/mol. The Bertz CT molecular complexity index is 808. The highest BCUT2D eigenvalue weighted by molar-refractivity contribution is 5.82. The number of hydrogen-bond donors (Lipinski definition) is 1. The number of ketones is 1. The molecule has 0 radical (unpaired) electrons. The van der Waals surface area contributed by atoms with Gasteiger partial charge in [0.05, 0.1) is 13.2 Å². The summed E-state index contributed by atoms with van der Waals surface area (Å²) in [4.78, 5) is 12.1. The van der Waals surface area contributed by atoms with E-state index in [9.17, 15) is 9.90 Å². The molecule has 1 aromatic carbocycles. The average Bonchev–Trinajstić information content (AvgIpc) is 3.01. The number of rotatable bonds is 2. The molecule has 0 unspecified atom stereocenters. The quantitative estimate of drug-likeness (QED) is 0.732. The van der Waals surface area contributed by atoms with E-state index in [0.29, 0.717) is 35.9 Å². The molecule has 3 nitrogen and oxygen atoms in total. The van der Waals surface area contributed by atoms with Crippen LogP contribution in [0.15, 0.2) is 35.4 Å². The highest BCUT2D eigenvalue weighted by atomic mass is 16.5. The number of allylic oxidation sites excluding steroid dienone is 2. The van der Waals surface area contributed by atoms with Crippen molar-refractivity contribution in [2.45, 2.75) is 70.3 Å². The van der Waals surface area contributed by atoms with Gasteiger partial charge in [0.15, 0.2) is 0 Å². The Hall–Kier alpha value is -1.61. The van der Waals surface area contributed by atoms with Crippen LogP contribution < -0.4 is 4.74 Å². The highest BCUT2D eigenvalue weighted by Crippen LogP contribution is 2.64. The Morgan fingerprint density at radius 3 is 2.61 bits per heavy atom. The van der Waals surface area contributed by atoms with Gasteiger partial charge in [-0.3, -0.25) is 4.79 Å². The molecule has 0 spiro atoms. The van der Waals surface area contributed by atoms with Crippen LogP contribution in [0.25, 0.3) is 0 Å². The molecular formula is C25H32O3. The van der Waals surface area contributed by atoms with Crippen LogP contribution in [-0.4, -0.2) is 24.1 Å². The molecule has 5 rings (SSSR count). The number of carbonyl (C=O) groups excluding carboxylic acids is 1. The molecule has 2 fully saturated rings. The number of fused-ring (bicyclic) bond motifs is 4. The van der Waals surface area contributed by atoms with Crippen molar-refractivity contribution in [3.8, 4) is 5.75 Å². The molecule has 1 N–H and O–H groups in total. The largest absolute Gasteiger partial charge is 0.497 e. The van der Waals surface area contributed by atoms with E-state index in [-0.39, 0.29) is 11.5 Å². The van der Waals surface area contributed by atoms with Gasteiger partial charge in [-0.15, -0.1) is 0 Å². The SMILES string of the molecule is COc1ccc([C@H]2C[C@]3(C)[C@@H](O)CC[C@H]3[C@@H]3CCC4=C(CCC(=O)C4)[C@H]32)cc1. The molecule has 2 saturated carbocycles. The third kappa shape index (κ3) is 2.69. The van der Waals surface area contributed by atoms with Crippen molar-refractivity contribution in [1.29, 1.82) is 0 Å². The molecule has 0 bridgehead atoms. The second kappa shape index (κ2) is 6.73. The summed E-state index contributed by atoms with van der Waals surface area (Å²) in [6.45, 7) is 2.34. The van der Waals surface area contributed by atoms with E-state index in [0.717, 1.165) is 44.3 Å². The van der Waals surface area contributed by atoms with E-state index >= 15 is 0 Å². The maximum atomic E-state index is 12.1. The molecule has 28 heavy (non-hydrogen) atoms. The standard InChI is InChI=1S/C25H32O3/c1-25-14-21(15-3-7-18(28-2)8-4-15)24-19-10-6-17(26)13-16(19)5-9-20(24)22(25)11-12-23(25)27/h3-4,7-8,20-24,27H,5-6,9-14H2,1-2H3/t20-,21+,22-,23-,24+,25-/m0/s1. The summed E-state index contributed by atoms with van der Waals surface area (Å²) < 4.78 is 5.38. The Balaban J connectivity index is 1.59. The fourth-order valence-electron chi connectivity index (χ4n) is 7.33. The van der Waals surface area contributed by atoms with Crippen molar-refractivity contribution < 1.29 is 14.6 Å². The van der Waals surface area contributed by atoms with Crippen molar-refractivity contribution in [3.05, 3.63) is 41.0 Å². The topological polar surface area (TPSA) is 46.5 Å². The molecule has 0 heterocycles. The summed E-state index contributed by atoms with van der Waals surface area (Å²) in [5, 5.41) is 10.9. The van der Waals surface area contributed by atoms with Gasteiger partial charge >= 0.3 is 0 Å². The van der Waals surface area contributed by atoms with Gasteiger partial charge in [-0.2, -0.15) is 0 Å². The summed E-state index contributed by atoms with van der Waals surface area (Å²) in [5.74, 6) is 3.57. The highest BCUT2D eigenvalue weighted by Gasteiger charge is 2.58. The normalized spacial score (nSPS) is 40.0. The van der Waals surface area contributed by atoms with Crippen molar-refractivity contribution >= 4 is 5.78 Å². The Morgan fingerprint density at radius 2 is 1.86 bits per heavy atom. The number of ether oxygens (including phenoxy) is 1. The van der Waals surface area contributed by atoms with Crippen molar-refractivity contribution in [2.24, 2.45) is 23.2 Å². The Morgan fingerprint density at radius 1 is 1.07 bits per heavy atom. The second-order valence-corrected chi connectivity index (χ2v) is 9.86. The van der Waals surface area contributed by atoms with E-state index in [1.165, 1.54) is 17.6 Å². The zero-order valence-corrected chi connectivity index (χ0v) is 17.1. The fourth-order valence-corrected chi connectivity index (χ4v) is 7.33. The Labute approximate surface area is 168 Å². The molecule has 4 aliphatic rings. The number of aliphatic hydroxyl groups is 1. The number of benzene rings is 1. The van der Waals surface area contributed by atoms with E-state index in [1.807, 2.05) is 0 Å². The van der Waals surface area contributed by atoms with E-state index < -0.39 is 0 Å². The molecule has 0 aromatic heterocycles. The molecule has 0 saturated heterocycles. The monoisotopic (exact) mass is 380 g/mol. The van der Waals surface area contributed by atoms with Crippen molar-refractivity contribution in [1.82, 2.24) is 0 Å². The van der Waals surface area contributed by atoms with Crippen LogP contribution in [0.3, 0.4) is 0 Å². The molecule has 0 aliphatic heterocycles. The lowest BCUT2D eigenvalue weighted by molar-refractivity contribution is -0.119. The fraction of sp³-hybridized carbons (Fsp3) is 0.640. The summed E-state index contributed by atoms with van der Waals surface area (Å²) in [7, 11) is 1.71. The van der Waals surface area contributed by atoms with Crippen molar-refractivity contribution in [2.75, 3.05) is 7.11 Å². The van der Waals surface area contributed by atoms with Crippen LogP contribution in [0.2, 0.25) is 0 Å². The molecule has 150 valence electrons. The van der Waals surface area contributed by atoms with Gasteiger partial charge in [-0.1, -0.05) is 30.2 Å². The van der Waals surface area contributed by atoms with Crippen LogP contribution >= 0.6 is 0 Å². The number of Topliss-reactive ketones (excluding diaryl/α,β-unsaturated/α-hetero) is 1. The zero-order valence-electron chi connectivity index (χ0n) is 17.1. The lowest BCUT2D eigenvalue weighted by atomic mass is 9.50. The van der Waals surface area contributed by atoms with Gasteiger partial charge in [-0.25, -0.2) is 0 Å². The van der Waals surface area contributed by atoms with E-state index in [1.54, 1.807) is 12.7 Å². The summed E-state index contributed by atoms with van der Waals surface area (Å²) in [6.07, 6.45) is 7.66. The Kier molecular flexibility index (Phi) is 4.42. The van der Waals surface area contributed by atoms with Crippen molar-refractivity contribution in [3.63, 3.8) is 0 Å². The van der Waals surface area contributed by atoms with Crippen LogP contribution in [0.5, 0.6) is 5.75 Å². The summed E-state index contributed by atoms with van der Waals surface area (Å²) in [5.41, 5.74) is 4.47. The van der Waals surface area contributed by atoms with Crippen LogP contribution in [0, 0.1) is 23.2 Å². The zero-order chi connectivity index (χ0) is 19.5. The maximum absolute atomic E-state index is 12.1. The molecule has 4 aliphatic carbocycles. The minimum atomic E-state index is -0.178. The smallest absolute Gasteiger partial charge is 0.137 e. The molecule has 3 heteroatoms. The molecular weight excluding hydrogens is 348 g/mol. The molecule has 1 aromatic rings. The number of hydrogen-bond acceptors (Lipinski definition) is 3. The lowest BCUT2D eigenvalue weighted by Gasteiger charge is -2.55. The first-order valence-corrected chi connectivity index (χ1v) is 11.1. The summed E-state index contributed by atoms with van der Waals surface area (Å²) >= 11 is 0. The van der Waals surface area contributed by atoms with Crippen LogP contribution in [0.4, 0.5) is 0 Å². The number of methoxy groups -OCH3 is 1. The van der Waals surface area contributed by atoms with Crippen LogP contribution in [0.1, 0.15) is 69.8 Å². The second-order valence-electron chi connectivity index (χ2n) is 9.86. The van der Waals surface area contributed by atoms with Gasteiger partial charge in [0.2, 0.25) is 0 Å².